The minimum Gasteiger partial charge on any atom is -0.308 e. The van der Waals surface area contributed by atoms with Gasteiger partial charge in [-0.05, 0) is 32.8 Å². The maximum absolute atomic E-state index is 4.01. The average molecular weight is 237 g/mol. The molecule has 5 nitrogen and oxygen atoms in total. The van der Waals surface area contributed by atoms with Crippen LogP contribution in [0, 0.1) is 0 Å². The first kappa shape index (κ1) is 11.2. The minimum absolute atomic E-state index is 0.436. The molecule has 0 radical (unpaired) electrons. The van der Waals surface area contributed by atoms with Crippen molar-refractivity contribution in [3.8, 4) is 0 Å². The lowest BCUT2D eigenvalue weighted by molar-refractivity contribution is 0.538. The lowest BCUT2D eigenvalue weighted by Gasteiger charge is -2.07. The van der Waals surface area contributed by atoms with Gasteiger partial charge in [-0.15, -0.1) is 5.10 Å². The van der Waals surface area contributed by atoms with Gasteiger partial charge in [0.2, 0.25) is 0 Å². The van der Waals surface area contributed by atoms with Crippen LogP contribution in [-0.4, -0.2) is 26.2 Å². The Morgan fingerprint density at radius 3 is 3.06 bits per heavy atom. The fourth-order valence-electron chi connectivity index (χ4n) is 1.32. The van der Waals surface area contributed by atoms with Gasteiger partial charge >= 0.3 is 0 Å². The van der Waals surface area contributed by atoms with Gasteiger partial charge in [0.1, 0.15) is 0 Å². The summed E-state index contributed by atoms with van der Waals surface area (Å²) in [7, 11) is 0. The van der Waals surface area contributed by atoms with Crippen LogP contribution in [0.1, 0.15) is 25.2 Å². The molecular weight excluding hydrogens is 222 g/mol. The summed E-state index contributed by atoms with van der Waals surface area (Å²) in [6.45, 7) is 5.65. The summed E-state index contributed by atoms with van der Waals surface area (Å²) < 4.78 is 1.83. The quantitative estimate of drug-likeness (QED) is 0.851. The third-order valence-corrected chi connectivity index (χ3v) is 2.92. The van der Waals surface area contributed by atoms with E-state index in [4.69, 9.17) is 0 Å². The average Bonchev–Trinajstić information content (AvgIpc) is 2.87. The molecule has 0 spiro atoms. The van der Waals surface area contributed by atoms with Gasteiger partial charge in [0, 0.05) is 6.04 Å². The highest BCUT2D eigenvalue weighted by atomic mass is 32.1. The molecule has 1 N–H and O–H groups in total. The SMILES string of the molecule is CC(C)NCc1nnnn1Cc1ccsc1. The first-order valence-electron chi connectivity index (χ1n) is 5.25. The summed E-state index contributed by atoms with van der Waals surface area (Å²) in [5, 5.41) is 19.2. The van der Waals surface area contributed by atoms with E-state index in [-0.39, 0.29) is 0 Å². The summed E-state index contributed by atoms with van der Waals surface area (Å²) in [6, 6.07) is 2.53. The van der Waals surface area contributed by atoms with Crippen molar-refractivity contribution in [1.29, 1.82) is 0 Å². The van der Waals surface area contributed by atoms with E-state index in [1.165, 1.54) is 5.56 Å². The van der Waals surface area contributed by atoms with Crippen LogP contribution in [0.4, 0.5) is 0 Å². The Balaban J connectivity index is 2.01. The zero-order valence-electron chi connectivity index (χ0n) is 9.42. The zero-order chi connectivity index (χ0) is 11.4. The molecule has 0 atom stereocenters. The zero-order valence-corrected chi connectivity index (χ0v) is 10.2. The van der Waals surface area contributed by atoms with E-state index < -0.39 is 0 Å². The lowest BCUT2D eigenvalue weighted by atomic mass is 10.3. The van der Waals surface area contributed by atoms with Crippen molar-refractivity contribution in [1.82, 2.24) is 25.5 Å². The first-order chi connectivity index (χ1) is 7.75. The molecular formula is C10H15N5S. The second-order valence-corrected chi connectivity index (χ2v) is 4.70. The molecule has 0 aromatic carbocycles. The van der Waals surface area contributed by atoms with Crippen molar-refractivity contribution in [3.63, 3.8) is 0 Å². The molecule has 2 aromatic heterocycles. The molecule has 86 valence electrons. The Morgan fingerprint density at radius 1 is 1.50 bits per heavy atom. The summed E-state index contributed by atoms with van der Waals surface area (Å²) in [6.07, 6.45) is 0. The normalized spacial score (nSPS) is 11.2. The number of nitrogens with one attached hydrogen (secondary N) is 1. The molecule has 0 bridgehead atoms. The summed E-state index contributed by atoms with van der Waals surface area (Å²) >= 11 is 1.69. The molecule has 2 rings (SSSR count). The van der Waals surface area contributed by atoms with Crippen molar-refractivity contribution in [2.75, 3.05) is 0 Å². The van der Waals surface area contributed by atoms with Gasteiger partial charge in [-0.1, -0.05) is 13.8 Å². The molecule has 0 aliphatic rings. The van der Waals surface area contributed by atoms with Gasteiger partial charge in [0.25, 0.3) is 0 Å². The Morgan fingerprint density at radius 2 is 2.38 bits per heavy atom. The van der Waals surface area contributed by atoms with Crippen LogP contribution in [0.15, 0.2) is 16.8 Å². The van der Waals surface area contributed by atoms with Gasteiger partial charge in [0.15, 0.2) is 5.82 Å². The molecule has 0 saturated carbocycles. The van der Waals surface area contributed by atoms with E-state index in [0.29, 0.717) is 12.6 Å². The Kier molecular flexibility index (Phi) is 3.63. The highest BCUT2D eigenvalue weighted by Gasteiger charge is 2.06. The molecule has 0 aliphatic carbocycles. The summed E-state index contributed by atoms with van der Waals surface area (Å²) in [5.41, 5.74) is 1.24. The number of tetrazole rings is 1. The van der Waals surface area contributed by atoms with Crippen molar-refractivity contribution in [2.45, 2.75) is 33.0 Å². The van der Waals surface area contributed by atoms with E-state index >= 15 is 0 Å². The highest BCUT2D eigenvalue weighted by molar-refractivity contribution is 7.07. The monoisotopic (exact) mass is 237 g/mol. The largest absolute Gasteiger partial charge is 0.308 e. The summed E-state index contributed by atoms with van der Waals surface area (Å²) in [4.78, 5) is 0. The molecule has 0 saturated heterocycles. The van der Waals surface area contributed by atoms with Gasteiger partial charge in [-0.25, -0.2) is 4.68 Å². The van der Waals surface area contributed by atoms with E-state index in [1.807, 2.05) is 4.68 Å². The van der Waals surface area contributed by atoms with Crippen LogP contribution in [-0.2, 0) is 13.1 Å². The van der Waals surface area contributed by atoms with Gasteiger partial charge in [-0.3, -0.25) is 0 Å². The summed E-state index contributed by atoms with van der Waals surface area (Å²) in [5.74, 6) is 0.875. The number of rotatable bonds is 5. The third-order valence-electron chi connectivity index (χ3n) is 2.19. The molecule has 0 amide bonds. The Labute approximate surface area is 98.5 Å². The van der Waals surface area contributed by atoms with Crippen LogP contribution >= 0.6 is 11.3 Å². The topological polar surface area (TPSA) is 55.6 Å². The van der Waals surface area contributed by atoms with Crippen molar-refractivity contribution >= 4 is 11.3 Å². The first-order valence-corrected chi connectivity index (χ1v) is 6.19. The maximum atomic E-state index is 4.01. The van der Waals surface area contributed by atoms with Crippen LogP contribution in [0.25, 0.3) is 0 Å². The fraction of sp³-hybridized carbons (Fsp3) is 0.500. The molecule has 2 aromatic rings. The molecule has 0 aliphatic heterocycles. The van der Waals surface area contributed by atoms with Gasteiger partial charge in [0.05, 0.1) is 13.1 Å². The smallest absolute Gasteiger partial charge is 0.165 e. The Bertz CT molecular complexity index is 420. The second-order valence-electron chi connectivity index (χ2n) is 3.92. The Hall–Kier alpha value is -1.27. The van der Waals surface area contributed by atoms with Gasteiger partial charge < -0.3 is 5.32 Å². The van der Waals surface area contributed by atoms with E-state index in [1.54, 1.807) is 11.3 Å². The van der Waals surface area contributed by atoms with Crippen molar-refractivity contribution in [2.24, 2.45) is 0 Å². The lowest BCUT2D eigenvalue weighted by Crippen LogP contribution is -2.24. The standard InChI is InChI=1S/C10H15N5S/c1-8(2)11-5-10-12-13-14-15(10)6-9-3-4-16-7-9/h3-4,7-8,11H,5-6H2,1-2H3. The number of nitrogens with zero attached hydrogens (tertiary/aromatic N) is 4. The number of thiophene rings is 1. The van der Waals surface area contributed by atoms with Crippen molar-refractivity contribution in [3.05, 3.63) is 28.2 Å². The second kappa shape index (κ2) is 5.18. The molecule has 0 fully saturated rings. The predicted molar refractivity (Wildman–Crippen MR) is 63.2 cm³/mol. The maximum Gasteiger partial charge on any atom is 0.165 e. The molecule has 0 unspecified atom stereocenters. The number of hydrogen-bond donors (Lipinski definition) is 1. The van der Waals surface area contributed by atoms with Crippen molar-refractivity contribution < 1.29 is 0 Å². The predicted octanol–water partition coefficient (Wildman–Crippen LogP) is 1.28. The number of hydrogen-bond acceptors (Lipinski definition) is 5. The molecule has 6 heteroatoms. The molecule has 16 heavy (non-hydrogen) atoms. The molecule has 2 heterocycles. The van der Waals surface area contributed by atoms with E-state index in [2.05, 4.69) is 51.5 Å². The van der Waals surface area contributed by atoms with Crippen LogP contribution in [0.2, 0.25) is 0 Å². The fourth-order valence-corrected chi connectivity index (χ4v) is 1.98. The third kappa shape index (κ3) is 2.86. The van der Waals surface area contributed by atoms with E-state index in [9.17, 15) is 0 Å². The van der Waals surface area contributed by atoms with Crippen LogP contribution < -0.4 is 5.32 Å². The number of aromatic nitrogens is 4. The van der Waals surface area contributed by atoms with Crippen LogP contribution in [0.3, 0.4) is 0 Å². The van der Waals surface area contributed by atoms with Crippen LogP contribution in [0.5, 0.6) is 0 Å². The van der Waals surface area contributed by atoms with Gasteiger partial charge in [-0.2, -0.15) is 11.3 Å². The minimum atomic E-state index is 0.436. The highest BCUT2D eigenvalue weighted by Crippen LogP contribution is 2.08. The van der Waals surface area contributed by atoms with E-state index in [0.717, 1.165) is 12.4 Å².